The van der Waals surface area contributed by atoms with E-state index < -0.39 is 10.0 Å². The number of aliphatic imine (C=N–C) groups is 1. The van der Waals surface area contributed by atoms with Crippen molar-refractivity contribution in [3.05, 3.63) is 29.8 Å². The molecule has 0 radical (unpaired) electrons. The first-order chi connectivity index (χ1) is 9.75. The minimum absolute atomic E-state index is 0.222. The molecule has 0 aliphatic carbocycles. The van der Waals surface area contributed by atoms with Gasteiger partial charge in [0, 0.05) is 20.6 Å². The largest absolute Gasteiger partial charge is 0.370 e. The van der Waals surface area contributed by atoms with Gasteiger partial charge in [-0.1, -0.05) is 32.0 Å². The lowest BCUT2D eigenvalue weighted by Crippen LogP contribution is -2.34. The molecule has 3 N–H and O–H groups in total. The van der Waals surface area contributed by atoms with E-state index in [9.17, 15) is 8.42 Å². The topological polar surface area (TPSA) is 87.8 Å². The van der Waals surface area contributed by atoms with Crippen molar-refractivity contribution in [3.8, 4) is 0 Å². The summed E-state index contributed by atoms with van der Waals surface area (Å²) in [6.07, 6.45) is 0. The van der Waals surface area contributed by atoms with Gasteiger partial charge in [0.2, 0.25) is 10.0 Å². The number of benzene rings is 1. The van der Waals surface area contributed by atoms with E-state index >= 15 is 0 Å². The fourth-order valence-electron chi connectivity index (χ4n) is 1.62. The summed E-state index contributed by atoms with van der Waals surface area (Å²) in [5, 5.41) is 3.00. The van der Waals surface area contributed by atoms with E-state index in [-0.39, 0.29) is 11.4 Å². The maximum Gasteiger partial charge on any atom is 0.242 e. The molecule has 0 aromatic heterocycles. The highest BCUT2D eigenvalue weighted by Gasteiger charge is 2.20. The summed E-state index contributed by atoms with van der Waals surface area (Å²) in [6.45, 7) is 5.09. The van der Waals surface area contributed by atoms with E-state index in [4.69, 9.17) is 5.73 Å². The molecule has 0 aliphatic heterocycles. The standard InChI is InChI=1S/C14H24N4O2S/c1-11(2)9-16-14(15)17-10-12-7-5-6-8-13(12)21(19,20)18(3)4/h5-8,11H,9-10H2,1-4H3,(H3,15,16,17). The van der Waals surface area contributed by atoms with E-state index in [0.717, 1.165) is 6.54 Å². The highest BCUT2D eigenvalue weighted by molar-refractivity contribution is 7.89. The van der Waals surface area contributed by atoms with Crippen molar-refractivity contribution in [2.45, 2.75) is 25.3 Å². The van der Waals surface area contributed by atoms with Crippen LogP contribution >= 0.6 is 0 Å². The zero-order valence-corrected chi connectivity index (χ0v) is 13.8. The molecule has 0 bridgehead atoms. The number of hydrogen-bond acceptors (Lipinski definition) is 3. The summed E-state index contributed by atoms with van der Waals surface area (Å²) >= 11 is 0. The first-order valence-corrected chi connectivity index (χ1v) is 8.23. The Morgan fingerprint density at radius 2 is 1.95 bits per heavy atom. The van der Waals surface area contributed by atoms with Gasteiger partial charge < -0.3 is 11.1 Å². The minimum Gasteiger partial charge on any atom is -0.370 e. The van der Waals surface area contributed by atoms with Crippen molar-refractivity contribution in [3.63, 3.8) is 0 Å². The maximum atomic E-state index is 12.2. The van der Waals surface area contributed by atoms with E-state index in [1.54, 1.807) is 24.3 Å². The quantitative estimate of drug-likeness (QED) is 0.606. The van der Waals surface area contributed by atoms with Crippen LogP contribution in [0.15, 0.2) is 34.2 Å². The second kappa shape index (κ2) is 7.42. The number of nitrogens with zero attached hydrogens (tertiary/aromatic N) is 2. The summed E-state index contributed by atoms with van der Waals surface area (Å²) in [6, 6.07) is 6.81. The molecule has 1 aromatic rings. The third kappa shape index (κ3) is 5.02. The first-order valence-electron chi connectivity index (χ1n) is 6.79. The predicted molar refractivity (Wildman–Crippen MR) is 85.5 cm³/mol. The normalized spacial score (nSPS) is 13.0. The van der Waals surface area contributed by atoms with E-state index in [1.165, 1.54) is 18.4 Å². The van der Waals surface area contributed by atoms with Crippen molar-refractivity contribution in [1.82, 2.24) is 9.62 Å². The summed E-state index contributed by atoms with van der Waals surface area (Å²) < 4.78 is 25.7. The molecule has 0 unspecified atom stereocenters. The van der Waals surface area contributed by atoms with Gasteiger partial charge in [0.25, 0.3) is 0 Å². The lowest BCUT2D eigenvalue weighted by atomic mass is 10.2. The van der Waals surface area contributed by atoms with Crippen LogP contribution in [0.25, 0.3) is 0 Å². The van der Waals surface area contributed by atoms with Gasteiger partial charge in [0.05, 0.1) is 11.4 Å². The van der Waals surface area contributed by atoms with Crippen LogP contribution in [0, 0.1) is 5.92 Å². The molecular formula is C14H24N4O2S. The zero-order valence-electron chi connectivity index (χ0n) is 13.0. The third-order valence-corrected chi connectivity index (χ3v) is 4.76. The molecule has 0 heterocycles. The van der Waals surface area contributed by atoms with Crippen LogP contribution < -0.4 is 11.1 Å². The molecule has 21 heavy (non-hydrogen) atoms. The molecule has 1 aromatic carbocycles. The van der Waals surface area contributed by atoms with Crippen LogP contribution in [0.2, 0.25) is 0 Å². The lowest BCUT2D eigenvalue weighted by Gasteiger charge is -2.14. The number of guanidine groups is 1. The van der Waals surface area contributed by atoms with E-state index in [0.29, 0.717) is 17.4 Å². The Labute approximate surface area is 127 Å². The van der Waals surface area contributed by atoms with Gasteiger partial charge >= 0.3 is 0 Å². The van der Waals surface area contributed by atoms with Gasteiger partial charge in [-0.05, 0) is 17.5 Å². The highest BCUT2D eigenvalue weighted by atomic mass is 32.2. The number of nitrogens with two attached hydrogens (primary N) is 1. The molecule has 0 aliphatic rings. The Balaban J connectivity index is 2.93. The average molecular weight is 312 g/mol. The van der Waals surface area contributed by atoms with Crippen LogP contribution in [-0.2, 0) is 16.6 Å². The SMILES string of the molecule is CC(C)CNC(N)=NCc1ccccc1S(=O)(=O)N(C)C. The van der Waals surface area contributed by atoms with Crippen LogP contribution in [0.5, 0.6) is 0 Å². The maximum absolute atomic E-state index is 12.2. The van der Waals surface area contributed by atoms with Crippen molar-refractivity contribution in [1.29, 1.82) is 0 Å². The smallest absolute Gasteiger partial charge is 0.242 e. The Morgan fingerprint density at radius 1 is 1.33 bits per heavy atom. The molecule has 0 amide bonds. The van der Waals surface area contributed by atoms with Crippen molar-refractivity contribution < 1.29 is 8.42 Å². The van der Waals surface area contributed by atoms with Crippen molar-refractivity contribution >= 4 is 16.0 Å². The molecule has 6 nitrogen and oxygen atoms in total. The molecule has 0 spiro atoms. The third-order valence-electron chi connectivity index (χ3n) is 2.84. The predicted octanol–water partition coefficient (Wildman–Crippen LogP) is 0.997. The van der Waals surface area contributed by atoms with Gasteiger partial charge in [-0.2, -0.15) is 0 Å². The Hall–Kier alpha value is -1.60. The summed E-state index contributed by atoms with van der Waals surface area (Å²) in [5.41, 5.74) is 6.39. The second-order valence-electron chi connectivity index (χ2n) is 5.37. The molecule has 7 heteroatoms. The van der Waals surface area contributed by atoms with E-state index in [1.807, 2.05) is 0 Å². The highest BCUT2D eigenvalue weighted by Crippen LogP contribution is 2.19. The van der Waals surface area contributed by atoms with Crippen molar-refractivity contribution in [2.75, 3.05) is 20.6 Å². The monoisotopic (exact) mass is 312 g/mol. The molecule has 0 saturated heterocycles. The summed E-state index contributed by atoms with van der Waals surface area (Å²) in [5.74, 6) is 0.779. The van der Waals surface area contributed by atoms with Gasteiger partial charge in [0.15, 0.2) is 5.96 Å². The fraction of sp³-hybridized carbons (Fsp3) is 0.500. The first kappa shape index (κ1) is 17.5. The molecule has 0 saturated carbocycles. The minimum atomic E-state index is -3.48. The molecule has 0 fully saturated rings. The Morgan fingerprint density at radius 3 is 2.52 bits per heavy atom. The summed E-state index contributed by atoms with van der Waals surface area (Å²) in [4.78, 5) is 4.46. The van der Waals surface area contributed by atoms with Crippen molar-refractivity contribution in [2.24, 2.45) is 16.6 Å². The zero-order chi connectivity index (χ0) is 16.0. The van der Waals surface area contributed by atoms with Gasteiger partial charge in [-0.25, -0.2) is 17.7 Å². The molecule has 0 atom stereocenters. The summed E-state index contributed by atoms with van der Waals surface area (Å²) in [7, 11) is -0.463. The Kier molecular flexibility index (Phi) is 6.17. The van der Waals surface area contributed by atoms with Gasteiger partial charge in [-0.15, -0.1) is 0 Å². The number of hydrogen-bond donors (Lipinski definition) is 2. The number of sulfonamides is 1. The van der Waals surface area contributed by atoms with Crippen LogP contribution in [0.3, 0.4) is 0 Å². The Bertz CT molecular complexity index is 595. The second-order valence-corrected chi connectivity index (χ2v) is 7.49. The van der Waals surface area contributed by atoms with Crippen LogP contribution in [0.4, 0.5) is 0 Å². The van der Waals surface area contributed by atoms with E-state index in [2.05, 4.69) is 24.2 Å². The van der Waals surface area contributed by atoms with Crippen LogP contribution in [-0.4, -0.2) is 39.3 Å². The molecule has 118 valence electrons. The molecule has 1 rings (SSSR count). The molecular weight excluding hydrogens is 288 g/mol. The number of nitrogens with one attached hydrogen (secondary N) is 1. The van der Waals surface area contributed by atoms with Crippen LogP contribution in [0.1, 0.15) is 19.4 Å². The number of rotatable bonds is 6. The lowest BCUT2D eigenvalue weighted by molar-refractivity contribution is 0.519. The fourth-order valence-corrected chi connectivity index (χ4v) is 2.73. The van der Waals surface area contributed by atoms with Gasteiger partial charge in [-0.3, -0.25) is 0 Å². The average Bonchev–Trinajstić information content (AvgIpc) is 2.42. The van der Waals surface area contributed by atoms with Gasteiger partial charge in [0.1, 0.15) is 0 Å².